The van der Waals surface area contributed by atoms with Crippen molar-refractivity contribution >= 4 is 34.8 Å². The number of hydrogen-bond acceptors (Lipinski definition) is 2. The molecule has 0 saturated carbocycles. The Balaban J connectivity index is 1.55. The van der Waals surface area contributed by atoms with Crippen LogP contribution in [0, 0.1) is 13.8 Å². The highest BCUT2D eigenvalue weighted by Gasteiger charge is 2.34. The number of amides is 1. The molecule has 3 aromatic carbocycles. The number of aryl methyl sites for hydroxylation is 1. The van der Waals surface area contributed by atoms with E-state index in [1.807, 2.05) is 0 Å². The fourth-order valence-corrected chi connectivity index (χ4v) is 4.32. The summed E-state index contributed by atoms with van der Waals surface area (Å²) in [5, 5.41) is 3.85. The first kappa shape index (κ1) is 25.7. The molecule has 1 N–H and O–H groups in total. The summed E-state index contributed by atoms with van der Waals surface area (Å²) in [5.41, 5.74) is 1.54. The first-order valence-corrected chi connectivity index (χ1v) is 11.6. The Labute approximate surface area is 216 Å². The average Bonchev–Trinajstić information content (AvgIpc) is 3.13. The maximum absolute atomic E-state index is 13.6. The summed E-state index contributed by atoms with van der Waals surface area (Å²) in [4.78, 5) is 13.1. The van der Waals surface area contributed by atoms with Crippen molar-refractivity contribution in [2.75, 3.05) is 5.32 Å². The number of para-hydroxylation sites is 1. The zero-order chi connectivity index (χ0) is 26.0. The third kappa shape index (κ3) is 5.53. The molecule has 0 atom stereocenters. The first-order chi connectivity index (χ1) is 17.0. The Morgan fingerprint density at radius 3 is 2.47 bits per heavy atom. The number of nitrogens with one attached hydrogen (secondary N) is 1. The van der Waals surface area contributed by atoms with Crippen LogP contribution in [0.25, 0.3) is 5.69 Å². The molecule has 0 fully saturated rings. The van der Waals surface area contributed by atoms with Crippen molar-refractivity contribution in [2.24, 2.45) is 0 Å². The molecule has 186 valence electrons. The molecule has 0 radical (unpaired) electrons. The summed E-state index contributed by atoms with van der Waals surface area (Å²) in [7, 11) is 0. The quantitative estimate of drug-likeness (QED) is 0.271. The fraction of sp³-hybridized carbons (Fsp3) is 0.148. The van der Waals surface area contributed by atoms with Crippen LogP contribution in [-0.4, -0.2) is 10.5 Å². The second-order valence-corrected chi connectivity index (χ2v) is 8.99. The van der Waals surface area contributed by atoms with Crippen molar-refractivity contribution in [1.29, 1.82) is 0 Å². The monoisotopic (exact) mass is 532 g/mol. The lowest BCUT2D eigenvalue weighted by molar-refractivity contribution is -0.137. The molecular weight excluding hydrogens is 512 g/mol. The molecule has 36 heavy (non-hydrogen) atoms. The second-order valence-electron chi connectivity index (χ2n) is 8.14. The maximum Gasteiger partial charge on any atom is 0.418 e. The number of anilines is 1. The summed E-state index contributed by atoms with van der Waals surface area (Å²) in [6.07, 6.45) is -4.53. The summed E-state index contributed by atoms with van der Waals surface area (Å²) in [6.45, 7) is 3.45. The molecule has 1 aromatic heterocycles. The molecule has 0 bridgehead atoms. The molecule has 0 saturated heterocycles. The molecule has 0 unspecified atom stereocenters. The minimum atomic E-state index is -4.53. The highest BCUT2D eigenvalue weighted by atomic mass is 35.5. The van der Waals surface area contributed by atoms with Gasteiger partial charge in [-0.25, -0.2) is 0 Å². The van der Waals surface area contributed by atoms with E-state index in [0.29, 0.717) is 38.4 Å². The number of alkyl halides is 3. The van der Waals surface area contributed by atoms with Crippen LogP contribution in [0.3, 0.4) is 0 Å². The van der Waals surface area contributed by atoms with Crippen molar-refractivity contribution in [2.45, 2.75) is 26.6 Å². The van der Waals surface area contributed by atoms with Gasteiger partial charge in [0.1, 0.15) is 12.4 Å². The number of hydrogen-bond donors (Lipinski definition) is 1. The van der Waals surface area contributed by atoms with Crippen molar-refractivity contribution in [3.8, 4) is 11.4 Å². The SMILES string of the molecule is Cc1cc(C(=O)Nc2cccc(OCc3cc(Cl)ccc3Cl)c2)c(C)n1-c1ccccc1C(F)(F)F. The second kappa shape index (κ2) is 10.3. The molecule has 0 aliphatic carbocycles. The number of rotatable bonds is 6. The highest BCUT2D eigenvalue weighted by molar-refractivity contribution is 6.33. The van der Waals surface area contributed by atoms with Gasteiger partial charge in [-0.3, -0.25) is 4.79 Å². The number of carbonyl (C=O) groups is 1. The van der Waals surface area contributed by atoms with Gasteiger partial charge in [0.05, 0.1) is 16.8 Å². The molecule has 4 rings (SSSR count). The average molecular weight is 533 g/mol. The molecular formula is C27H21Cl2F3N2O2. The van der Waals surface area contributed by atoms with Gasteiger partial charge in [-0.1, -0.05) is 41.4 Å². The Hall–Kier alpha value is -3.42. The Kier molecular flexibility index (Phi) is 7.33. The maximum atomic E-state index is 13.6. The molecule has 1 amide bonds. The van der Waals surface area contributed by atoms with E-state index in [0.717, 1.165) is 6.07 Å². The van der Waals surface area contributed by atoms with E-state index in [1.54, 1.807) is 62.4 Å². The van der Waals surface area contributed by atoms with Gasteiger partial charge in [-0.2, -0.15) is 13.2 Å². The molecule has 4 nitrogen and oxygen atoms in total. The minimum absolute atomic E-state index is 0.0332. The van der Waals surface area contributed by atoms with Crippen LogP contribution in [0.5, 0.6) is 5.75 Å². The van der Waals surface area contributed by atoms with Gasteiger partial charge in [-0.15, -0.1) is 0 Å². The third-order valence-corrected chi connectivity index (χ3v) is 6.22. The highest BCUT2D eigenvalue weighted by Crippen LogP contribution is 2.35. The Morgan fingerprint density at radius 2 is 1.72 bits per heavy atom. The first-order valence-electron chi connectivity index (χ1n) is 10.9. The number of benzene rings is 3. The van der Waals surface area contributed by atoms with Crippen LogP contribution in [0.15, 0.2) is 72.8 Å². The van der Waals surface area contributed by atoms with E-state index in [2.05, 4.69) is 5.32 Å². The standard InChI is InChI=1S/C27H21Cl2F3N2O2/c1-16-12-22(17(2)34(16)25-9-4-3-8-23(25)27(30,31)32)26(35)33-20-6-5-7-21(14-20)36-15-18-13-19(28)10-11-24(18)29/h3-14H,15H2,1-2H3,(H,33,35). The van der Waals surface area contributed by atoms with Gasteiger partial charge in [0.15, 0.2) is 0 Å². The van der Waals surface area contributed by atoms with E-state index >= 15 is 0 Å². The van der Waals surface area contributed by atoms with Gasteiger partial charge >= 0.3 is 6.18 Å². The number of aromatic nitrogens is 1. The van der Waals surface area contributed by atoms with E-state index < -0.39 is 17.6 Å². The van der Waals surface area contributed by atoms with Crippen LogP contribution in [-0.2, 0) is 12.8 Å². The number of carbonyl (C=O) groups excluding carboxylic acids is 1. The van der Waals surface area contributed by atoms with Gasteiger partial charge in [0, 0.05) is 38.8 Å². The normalized spacial score (nSPS) is 11.4. The minimum Gasteiger partial charge on any atom is -0.489 e. The zero-order valence-electron chi connectivity index (χ0n) is 19.3. The Morgan fingerprint density at radius 1 is 0.972 bits per heavy atom. The van der Waals surface area contributed by atoms with Crippen LogP contribution in [0.4, 0.5) is 18.9 Å². The third-order valence-electron chi connectivity index (χ3n) is 5.62. The molecule has 9 heteroatoms. The largest absolute Gasteiger partial charge is 0.489 e. The van der Waals surface area contributed by atoms with Crippen LogP contribution >= 0.6 is 23.2 Å². The van der Waals surface area contributed by atoms with E-state index in [9.17, 15) is 18.0 Å². The van der Waals surface area contributed by atoms with E-state index in [4.69, 9.17) is 27.9 Å². The summed E-state index contributed by atoms with van der Waals surface area (Å²) in [5.74, 6) is 0.0438. The smallest absolute Gasteiger partial charge is 0.418 e. The number of nitrogens with zero attached hydrogens (tertiary/aromatic N) is 1. The Bertz CT molecular complexity index is 1430. The van der Waals surface area contributed by atoms with Crippen LogP contribution in [0.2, 0.25) is 10.0 Å². The molecule has 0 spiro atoms. The lowest BCUT2D eigenvalue weighted by Crippen LogP contribution is -2.15. The zero-order valence-corrected chi connectivity index (χ0v) is 20.8. The lowest BCUT2D eigenvalue weighted by Gasteiger charge is -2.17. The fourth-order valence-electron chi connectivity index (χ4n) is 3.95. The van der Waals surface area contributed by atoms with E-state index in [-0.39, 0.29) is 17.9 Å². The predicted molar refractivity (Wildman–Crippen MR) is 135 cm³/mol. The lowest BCUT2D eigenvalue weighted by atomic mass is 10.1. The van der Waals surface area contributed by atoms with Gasteiger partial charge in [0.25, 0.3) is 5.91 Å². The van der Waals surface area contributed by atoms with E-state index in [1.165, 1.54) is 22.8 Å². The summed E-state index contributed by atoms with van der Waals surface area (Å²) >= 11 is 12.2. The predicted octanol–water partition coefficient (Wildman–Crippen LogP) is 8.25. The van der Waals surface area contributed by atoms with Gasteiger partial charge in [0.2, 0.25) is 0 Å². The van der Waals surface area contributed by atoms with Crippen molar-refractivity contribution in [3.63, 3.8) is 0 Å². The van der Waals surface area contributed by atoms with Crippen molar-refractivity contribution < 1.29 is 22.7 Å². The molecule has 0 aliphatic heterocycles. The number of ether oxygens (including phenoxy) is 1. The summed E-state index contributed by atoms with van der Waals surface area (Å²) in [6, 6.07) is 18.7. The van der Waals surface area contributed by atoms with Crippen molar-refractivity contribution in [3.05, 3.63) is 111 Å². The number of halogens is 5. The molecule has 4 aromatic rings. The van der Waals surface area contributed by atoms with Crippen LogP contribution in [0.1, 0.15) is 32.9 Å². The molecule has 0 aliphatic rings. The summed E-state index contributed by atoms with van der Waals surface area (Å²) < 4.78 is 48.0. The van der Waals surface area contributed by atoms with Crippen LogP contribution < -0.4 is 10.1 Å². The topological polar surface area (TPSA) is 43.3 Å². The molecule has 1 heterocycles. The van der Waals surface area contributed by atoms with Crippen molar-refractivity contribution in [1.82, 2.24) is 4.57 Å². The van der Waals surface area contributed by atoms with Gasteiger partial charge < -0.3 is 14.6 Å². The van der Waals surface area contributed by atoms with Gasteiger partial charge in [-0.05, 0) is 62.4 Å².